The number of aryl methyl sites for hydroxylation is 1. The topological polar surface area (TPSA) is 64.4 Å². The van der Waals surface area contributed by atoms with E-state index in [0.717, 1.165) is 36.4 Å². The van der Waals surface area contributed by atoms with Gasteiger partial charge in [0, 0.05) is 6.42 Å². The molecular formula is C18H26N4O2S. The first-order valence-electron chi connectivity index (χ1n) is 8.69. The van der Waals surface area contributed by atoms with Crippen LogP contribution in [0.15, 0.2) is 23.3 Å². The summed E-state index contributed by atoms with van der Waals surface area (Å²) in [6, 6.07) is 5.76. The molecule has 0 bridgehead atoms. The first-order valence-corrected chi connectivity index (χ1v) is 9.10. The summed E-state index contributed by atoms with van der Waals surface area (Å²) >= 11 is 5.26. The molecule has 0 spiro atoms. The molecule has 0 saturated carbocycles. The van der Waals surface area contributed by atoms with Crippen molar-refractivity contribution in [3.05, 3.63) is 34.4 Å². The molecule has 0 unspecified atom stereocenters. The minimum atomic E-state index is 0.0871. The van der Waals surface area contributed by atoms with E-state index >= 15 is 0 Å². The number of aromatic nitrogens is 3. The monoisotopic (exact) mass is 362 g/mol. The van der Waals surface area contributed by atoms with Gasteiger partial charge in [-0.2, -0.15) is 14.9 Å². The number of nitrogens with zero attached hydrogens (tertiary/aromatic N) is 3. The van der Waals surface area contributed by atoms with Gasteiger partial charge in [-0.3, -0.25) is 5.10 Å². The zero-order chi connectivity index (χ0) is 18.2. The van der Waals surface area contributed by atoms with Crippen LogP contribution in [0.2, 0.25) is 0 Å². The van der Waals surface area contributed by atoms with E-state index in [0.29, 0.717) is 17.1 Å². The Balaban J connectivity index is 2.25. The number of hydrogen-bond donors (Lipinski definition) is 1. The molecule has 0 saturated heterocycles. The van der Waals surface area contributed by atoms with Crippen LogP contribution in [0.3, 0.4) is 0 Å². The molecule has 0 aliphatic heterocycles. The van der Waals surface area contributed by atoms with Crippen LogP contribution in [0.1, 0.15) is 51.9 Å². The molecule has 25 heavy (non-hydrogen) atoms. The zero-order valence-corrected chi connectivity index (χ0v) is 16.1. The van der Waals surface area contributed by atoms with Crippen molar-refractivity contribution in [3.63, 3.8) is 0 Å². The molecule has 0 amide bonds. The van der Waals surface area contributed by atoms with Gasteiger partial charge in [0.05, 0.1) is 18.9 Å². The van der Waals surface area contributed by atoms with E-state index in [9.17, 15) is 0 Å². The Kier molecular flexibility index (Phi) is 7.18. The Morgan fingerprint density at radius 2 is 2.12 bits per heavy atom. The summed E-state index contributed by atoms with van der Waals surface area (Å²) < 4.78 is 13.6. The third kappa shape index (κ3) is 5.42. The van der Waals surface area contributed by atoms with Crippen LogP contribution >= 0.6 is 12.2 Å². The number of benzene rings is 1. The maximum Gasteiger partial charge on any atom is 0.216 e. The van der Waals surface area contributed by atoms with Gasteiger partial charge < -0.3 is 9.47 Å². The van der Waals surface area contributed by atoms with Crippen LogP contribution in [0.25, 0.3) is 0 Å². The summed E-state index contributed by atoms with van der Waals surface area (Å²) in [5.74, 6) is 2.28. The molecule has 1 N–H and O–H groups in total. The number of aromatic amines is 1. The fraction of sp³-hybridized carbons (Fsp3) is 0.500. The molecule has 1 heterocycles. The third-order valence-electron chi connectivity index (χ3n) is 3.42. The highest BCUT2D eigenvalue weighted by molar-refractivity contribution is 7.71. The van der Waals surface area contributed by atoms with Gasteiger partial charge in [0.25, 0.3) is 0 Å². The molecule has 0 aliphatic carbocycles. The van der Waals surface area contributed by atoms with Crippen molar-refractivity contribution in [3.8, 4) is 11.5 Å². The van der Waals surface area contributed by atoms with Gasteiger partial charge in [-0.05, 0) is 63.2 Å². The maximum atomic E-state index is 5.78. The molecule has 0 radical (unpaired) electrons. The quantitative estimate of drug-likeness (QED) is 0.532. The fourth-order valence-corrected chi connectivity index (χ4v) is 2.49. The second-order valence-corrected chi connectivity index (χ2v) is 6.30. The lowest BCUT2D eigenvalue weighted by molar-refractivity contribution is 0.224. The van der Waals surface area contributed by atoms with Crippen molar-refractivity contribution in [1.82, 2.24) is 14.9 Å². The SMILES string of the molecule is CCCCc1n[nH]c(=S)n1/N=C/c1ccc(OC(C)C)c(OCC)c1. The molecule has 0 aliphatic rings. The Hall–Kier alpha value is -2.15. The number of ether oxygens (including phenoxy) is 2. The van der Waals surface area contributed by atoms with E-state index in [1.807, 2.05) is 39.0 Å². The summed E-state index contributed by atoms with van der Waals surface area (Å²) in [6.45, 7) is 8.64. The van der Waals surface area contributed by atoms with Crippen LogP contribution in [-0.2, 0) is 6.42 Å². The Morgan fingerprint density at radius 3 is 2.80 bits per heavy atom. The van der Waals surface area contributed by atoms with Gasteiger partial charge in [-0.1, -0.05) is 13.3 Å². The lowest BCUT2D eigenvalue weighted by Gasteiger charge is -2.14. The van der Waals surface area contributed by atoms with Gasteiger partial charge >= 0.3 is 0 Å². The van der Waals surface area contributed by atoms with Crippen LogP contribution in [0, 0.1) is 4.77 Å². The predicted molar refractivity (Wildman–Crippen MR) is 102 cm³/mol. The minimum Gasteiger partial charge on any atom is -0.490 e. The predicted octanol–water partition coefficient (Wildman–Crippen LogP) is 4.35. The number of unbranched alkanes of at least 4 members (excludes halogenated alkanes) is 1. The van der Waals surface area contributed by atoms with Crippen LogP contribution < -0.4 is 9.47 Å². The Morgan fingerprint density at radius 1 is 1.32 bits per heavy atom. The molecular weight excluding hydrogens is 336 g/mol. The molecule has 2 aromatic rings. The van der Waals surface area contributed by atoms with Crippen molar-refractivity contribution in [2.45, 2.75) is 53.1 Å². The molecule has 7 heteroatoms. The smallest absolute Gasteiger partial charge is 0.216 e. The molecule has 136 valence electrons. The first kappa shape index (κ1) is 19.2. The van der Waals surface area contributed by atoms with E-state index in [1.165, 1.54) is 0 Å². The highest BCUT2D eigenvalue weighted by atomic mass is 32.1. The van der Waals surface area contributed by atoms with Crippen molar-refractivity contribution in [1.29, 1.82) is 0 Å². The minimum absolute atomic E-state index is 0.0871. The maximum absolute atomic E-state index is 5.78. The largest absolute Gasteiger partial charge is 0.490 e. The van der Waals surface area contributed by atoms with E-state index in [-0.39, 0.29) is 6.10 Å². The summed E-state index contributed by atoms with van der Waals surface area (Å²) in [7, 11) is 0. The van der Waals surface area contributed by atoms with Crippen molar-refractivity contribution < 1.29 is 9.47 Å². The van der Waals surface area contributed by atoms with Gasteiger partial charge in [0.1, 0.15) is 0 Å². The van der Waals surface area contributed by atoms with E-state index in [1.54, 1.807) is 10.9 Å². The van der Waals surface area contributed by atoms with E-state index in [2.05, 4.69) is 22.2 Å². The average molecular weight is 362 g/mol. The lowest BCUT2D eigenvalue weighted by atomic mass is 10.2. The first-order chi connectivity index (χ1) is 12.0. The van der Waals surface area contributed by atoms with E-state index < -0.39 is 0 Å². The number of hydrogen-bond acceptors (Lipinski definition) is 5. The van der Waals surface area contributed by atoms with Crippen molar-refractivity contribution in [2.75, 3.05) is 6.61 Å². The standard InChI is InChI=1S/C18H26N4O2S/c1-5-7-8-17-20-21-18(25)22(17)19-12-14-9-10-15(24-13(3)4)16(11-14)23-6-2/h9-13H,5-8H2,1-4H3,(H,21,25)/b19-12+. The number of H-pyrrole nitrogens is 1. The zero-order valence-electron chi connectivity index (χ0n) is 15.3. The molecule has 1 aromatic heterocycles. The summed E-state index contributed by atoms with van der Waals surface area (Å²) in [4.78, 5) is 0. The van der Waals surface area contributed by atoms with Gasteiger partial charge in [-0.15, -0.1) is 0 Å². The number of nitrogens with one attached hydrogen (secondary N) is 1. The lowest BCUT2D eigenvalue weighted by Crippen LogP contribution is -2.07. The normalized spacial score (nSPS) is 11.4. The van der Waals surface area contributed by atoms with Gasteiger partial charge in [-0.25, -0.2) is 0 Å². The summed E-state index contributed by atoms with van der Waals surface area (Å²) in [6.07, 6.45) is 4.82. The molecule has 6 nitrogen and oxygen atoms in total. The van der Waals surface area contributed by atoms with Gasteiger partial charge in [0.15, 0.2) is 17.3 Å². The van der Waals surface area contributed by atoms with Crippen LogP contribution in [0.5, 0.6) is 11.5 Å². The summed E-state index contributed by atoms with van der Waals surface area (Å²) in [5, 5.41) is 11.5. The molecule has 0 atom stereocenters. The fourth-order valence-electron chi connectivity index (χ4n) is 2.29. The highest BCUT2D eigenvalue weighted by Gasteiger charge is 2.08. The van der Waals surface area contributed by atoms with Crippen molar-refractivity contribution in [2.24, 2.45) is 5.10 Å². The molecule has 0 fully saturated rings. The molecule has 2 rings (SSSR count). The van der Waals surface area contributed by atoms with E-state index in [4.69, 9.17) is 21.7 Å². The number of rotatable bonds is 9. The Labute approximate surface area is 153 Å². The second-order valence-electron chi connectivity index (χ2n) is 5.91. The van der Waals surface area contributed by atoms with Crippen LogP contribution in [-0.4, -0.2) is 33.8 Å². The Bertz CT molecular complexity index is 765. The summed E-state index contributed by atoms with van der Waals surface area (Å²) in [5.41, 5.74) is 0.907. The van der Waals surface area contributed by atoms with Gasteiger partial charge in [0.2, 0.25) is 4.77 Å². The second kappa shape index (κ2) is 9.36. The van der Waals surface area contributed by atoms with Crippen LogP contribution in [0.4, 0.5) is 0 Å². The molecule has 1 aromatic carbocycles. The third-order valence-corrected chi connectivity index (χ3v) is 3.69. The van der Waals surface area contributed by atoms with Crippen molar-refractivity contribution >= 4 is 18.4 Å². The highest BCUT2D eigenvalue weighted by Crippen LogP contribution is 2.29. The average Bonchev–Trinajstić information content (AvgIpc) is 2.93.